The van der Waals surface area contributed by atoms with E-state index >= 15 is 0 Å². The molecule has 2 unspecified atom stereocenters. The monoisotopic (exact) mass is 1150 g/mol. The van der Waals surface area contributed by atoms with Gasteiger partial charge in [-0.05, 0) is 136 Å². The molecule has 4 aromatic carbocycles. The summed E-state index contributed by atoms with van der Waals surface area (Å²) in [5.41, 5.74) is 9.05. The molecule has 2 aliphatic heterocycles. The number of aliphatic hydroxyl groups is 1. The molecular formula is C64H74N8O8S2. The molecular weight excluding hydrogens is 1070 g/mol. The predicted molar refractivity (Wildman–Crippen MR) is 323 cm³/mol. The van der Waals surface area contributed by atoms with Gasteiger partial charge in [-0.2, -0.15) is 0 Å². The maximum absolute atomic E-state index is 14.3. The zero-order chi connectivity index (χ0) is 58.5. The van der Waals surface area contributed by atoms with E-state index in [0.29, 0.717) is 60.4 Å². The first-order valence-corrected chi connectivity index (χ1v) is 29.9. The first-order chi connectivity index (χ1) is 39.1. The molecule has 82 heavy (non-hydrogen) atoms. The van der Waals surface area contributed by atoms with Crippen molar-refractivity contribution >= 4 is 73.4 Å². The number of nitrogens with zero attached hydrogens (tertiary/aromatic N) is 5. The highest BCUT2D eigenvalue weighted by Crippen LogP contribution is 2.37. The van der Waals surface area contributed by atoms with Crippen molar-refractivity contribution in [1.82, 2.24) is 30.5 Å². The molecule has 16 nitrogen and oxygen atoms in total. The van der Waals surface area contributed by atoms with Crippen LogP contribution < -0.4 is 25.6 Å². The normalized spacial score (nSPS) is 16.1. The fraction of sp³-hybridized carbons (Fsp3) is 0.406. The maximum atomic E-state index is 14.3. The summed E-state index contributed by atoms with van der Waals surface area (Å²) in [4.78, 5) is 88.0. The lowest BCUT2D eigenvalue weighted by Crippen LogP contribution is -2.57. The third-order valence-electron chi connectivity index (χ3n) is 15.0. The van der Waals surface area contributed by atoms with E-state index in [9.17, 15) is 29.1 Å². The molecule has 1 fully saturated rings. The van der Waals surface area contributed by atoms with Crippen LogP contribution in [-0.4, -0.2) is 98.0 Å². The number of amides is 4. The molecule has 2 aliphatic rings. The average Bonchev–Trinajstić information content (AvgIpc) is 4.33. The number of fused-ring (bicyclic) bond motifs is 2. The van der Waals surface area contributed by atoms with E-state index in [1.165, 1.54) is 16.2 Å². The number of para-hydroxylation sites is 1. The number of pyridine rings is 1. The third kappa shape index (κ3) is 14.0. The molecule has 18 heteroatoms. The van der Waals surface area contributed by atoms with E-state index < -0.39 is 41.1 Å². The maximum Gasteiger partial charge on any atom is 0.358 e. The number of benzene rings is 4. The number of carbonyl (C=O) groups is 5. The van der Waals surface area contributed by atoms with E-state index in [0.717, 1.165) is 73.4 Å². The number of hydrogen-bond donors (Lipinski definition) is 4. The summed E-state index contributed by atoms with van der Waals surface area (Å²) in [5.74, 6) is -0.538. The predicted octanol–water partition coefficient (Wildman–Crippen LogP) is 11.6. The number of likely N-dealkylation sites (tertiary alicyclic amines) is 1. The summed E-state index contributed by atoms with van der Waals surface area (Å²) < 4.78 is 13.3. The molecule has 9 rings (SSSR count). The van der Waals surface area contributed by atoms with Crippen molar-refractivity contribution in [2.75, 3.05) is 29.9 Å². The number of rotatable bonds is 19. The molecule has 0 aliphatic carbocycles. The molecule has 1 saturated heterocycles. The van der Waals surface area contributed by atoms with E-state index in [4.69, 9.17) is 14.5 Å². The minimum atomic E-state index is -0.915. The summed E-state index contributed by atoms with van der Waals surface area (Å²) in [5, 5.41) is 20.3. The number of aromatic nitrogens is 3. The molecule has 4 atom stereocenters. The van der Waals surface area contributed by atoms with Gasteiger partial charge in [0.05, 0.1) is 45.1 Å². The summed E-state index contributed by atoms with van der Waals surface area (Å²) >= 11 is 3.01. The smallest absolute Gasteiger partial charge is 0.358 e. The lowest BCUT2D eigenvalue weighted by atomic mass is 9.85. The SMILES string of the molecule is Cc1ncsc1-c1ccc(C(C)NC(=O)[C@@H]2C[C@@H](O)CN2C(=O)C(NC(=O)CCCCCCOc2cccc(-c3ccc(N4CCc5cccc(C(=O)Nc6nc7ccccc7s6)c5C4)nc3C(=O)OC(C)(C)C)c2C)C(C)(C)C)cc1. The van der Waals surface area contributed by atoms with E-state index in [1.54, 1.807) is 11.3 Å². The number of β-amino-alcohol motifs (C(OH)–C–C–N with tert-alkyl or cyclic N) is 1. The Morgan fingerprint density at radius 2 is 1.59 bits per heavy atom. The van der Waals surface area contributed by atoms with Crippen LogP contribution in [0.2, 0.25) is 0 Å². The standard InChI is InChI=1S/C64H74N8O8S2/c1-38-45(46-29-30-53(68-55(46)61(78)80-64(7,8)9)71-32-31-42-18-16-20-47(48(42)36-71)58(75)70-62-67-49-21-13-14-23-52(49)82-62)19-17-22-51(38)79-33-15-11-10-12-24-54(74)69-57(63(4,5)6)60(77)72-35-44(73)34-50(72)59(76)66-39(2)41-25-27-43(28-26-41)56-40(3)65-37-81-56/h13-14,16-23,25-30,37,39,44,50,57,73H,10-12,15,24,31-36H2,1-9H3,(H,66,76)(H,69,74)(H,67,70,75)/t39?,44-,50+,57?/m1/s1. The van der Waals surface area contributed by atoms with Crippen molar-refractivity contribution in [3.8, 4) is 27.3 Å². The molecule has 430 valence electrons. The van der Waals surface area contributed by atoms with Gasteiger partial charge in [-0.25, -0.2) is 19.7 Å². The Bertz CT molecular complexity index is 3440. The van der Waals surface area contributed by atoms with Gasteiger partial charge in [0, 0.05) is 43.6 Å². The number of anilines is 2. The van der Waals surface area contributed by atoms with Gasteiger partial charge in [0.15, 0.2) is 10.8 Å². The van der Waals surface area contributed by atoms with Crippen LogP contribution in [0, 0.1) is 19.3 Å². The molecule has 4 amide bonds. The molecule has 0 bridgehead atoms. The zero-order valence-corrected chi connectivity index (χ0v) is 49.9. The number of ether oxygens (including phenoxy) is 2. The quantitative estimate of drug-likeness (QED) is 0.0441. The highest BCUT2D eigenvalue weighted by molar-refractivity contribution is 7.22. The van der Waals surface area contributed by atoms with Crippen LogP contribution in [0.3, 0.4) is 0 Å². The third-order valence-corrected chi connectivity index (χ3v) is 16.9. The van der Waals surface area contributed by atoms with Gasteiger partial charge >= 0.3 is 5.97 Å². The number of esters is 1. The first kappa shape index (κ1) is 59.1. The number of carbonyl (C=O) groups excluding carboxylic acids is 5. The number of aryl methyl sites for hydroxylation is 1. The lowest BCUT2D eigenvalue weighted by molar-refractivity contribution is -0.144. The number of aliphatic hydroxyl groups excluding tert-OH is 1. The van der Waals surface area contributed by atoms with Crippen LogP contribution in [0.5, 0.6) is 5.75 Å². The Hall–Kier alpha value is -7.54. The van der Waals surface area contributed by atoms with Crippen LogP contribution in [0.25, 0.3) is 31.8 Å². The molecule has 0 radical (unpaired) electrons. The van der Waals surface area contributed by atoms with Gasteiger partial charge in [-0.3, -0.25) is 24.5 Å². The molecule has 0 saturated carbocycles. The Morgan fingerprint density at radius 1 is 0.829 bits per heavy atom. The van der Waals surface area contributed by atoms with Gasteiger partial charge in [-0.15, -0.1) is 11.3 Å². The first-order valence-electron chi connectivity index (χ1n) is 28.2. The van der Waals surface area contributed by atoms with Gasteiger partial charge in [-0.1, -0.05) is 106 Å². The second kappa shape index (κ2) is 25.3. The molecule has 5 heterocycles. The Balaban J connectivity index is 0.779. The van der Waals surface area contributed by atoms with Gasteiger partial charge in [0.25, 0.3) is 5.91 Å². The average molecular weight is 1150 g/mol. The van der Waals surface area contributed by atoms with Crippen molar-refractivity contribution in [3.05, 3.63) is 142 Å². The fourth-order valence-electron chi connectivity index (χ4n) is 10.6. The topological polar surface area (TPSA) is 205 Å². The van der Waals surface area contributed by atoms with E-state index in [1.807, 2.05) is 159 Å². The second-order valence-electron chi connectivity index (χ2n) is 23.4. The van der Waals surface area contributed by atoms with Crippen LogP contribution in [0.4, 0.5) is 10.9 Å². The summed E-state index contributed by atoms with van der Waals surface area (Å²) in [6, 6.07) is 29.0. The fourth-order valence-corrected chi connectivity index (χ4v) is 12.3. The largest absolute Gasteiger partial charge is 0.493 e. The van der Waals surface area contributed by atoms with Gasteiger partial charge < -0.3 is 35.0 Å². The van der Waals surface area contributed by atoms with Crippen LogP contribution in [0.1, 0.15) is 142 Å². The number of thiazole rings is 2. The van der Waals surface area contributed by atoms with Crippen molar-refractivity contribution in [1.29, 1.82) is 0 Å². The summed E-state index contributed by atoms with van der Waals surface area (Å²) in [7, 11) is 0. The number of nitrogens with one attached hydrogen (secondary N) is 3. The minimum absolute atomic E-state index is 0.00551. The van der Waals surface area contributed by atoms with Crippen molar-refractivity contribution in [2.24, 2.45) is 5.41 Å². The minimum Gasteiger partial charge on any atom is -0.493 e. The van der Waals surface area contributed by atoms with Crippen molar-refractivity contribution in [3.63, 3.8) is 0 Å². The molecule has 7 aromatic rings. The lowest BCUT2D eigenvalue weighted by Gasteiger charge is -2.35. The van der Waals surface area contributed by atoms with Crippen LogP contribution in [0.15, 0.2) is 103 Å². The Morgan fingerprint density at radius 3 is 2.32 bits per heavy atom. The van der Waals surface area contributed by atoms with Crippen molar-refractivity contribution in [2.45, 2.75) is 144 Å². The second-order valence-corrected chi connectivity index (χ2v) is 25.3. The van der Waals surface area contributed by atoms with Crippen LogP contribution in [-0.2, 0) is 32.1 Å². The Labute approximate surface area is 488 Å². The number of hydrogen-bond acceptors (Lipinski definition) is 14. The highest BCUT2D eigenvalue weighted by Gasteiger charge is 2.45. The van der Waals surface area contributed by atoms with Crippen molar-refractivity contribution < 1.29 is 38.6 Å². The molecule has 0 spiro atoms. The van der Waals surface area contributed by atoms with E-state index in [2.05, 4.69) is 36.9 Å². The summed E-state index contributed by atoms with van der Waals surface area (Å²) in [6.45, 7) is 18.4. The molecule has 3 aromatic heterocycles. The summed E-state index contributed by atoms with van der Waals surface area (Å²) in [6.07, 6.45) is 3.01. The molecule has 4 N–H and O–H groups in total. The van der Waals surface area contributed by atoms with E-state index in [-0.39, 0.29) is 48.8 Å². The zero-order valence-electron chi connectivity index (χ0n) is 48.3. The van der Waals surface area contributed by atoms with Gasteiger partial charge in [0.2, 0.25) is 17.7 Å². The number of unbranched alkanes of at least 4 members (excludes halogenated alkanes) is 3. The van der Waals surface area contributed by atoms with Gasteiger partial charge in [0.1, 0.15) is 29.3 Å². The highest BCUT2D eigenvalue weighted by atomic mass is 32.1. The Kier molecular flexibility index (Phi) is 18.2. The van der Waals surface area contributed by atoms with Crippen LogP contribution >= 0.6 is 22.7 Å².